The van der Waals surface area contributed by atoms with Crippen LogP contribution >= 0.6 is 0 Å². The van der Waals surface area contributed by atoms with Crippen molar-refractivity contribution in [2.24, 2.45) is 0 Å². The third kappa shape index (κ3) is 4.74. The minimum absolute atomic E-state index is 0.142. The van der Waals surface area contributed by atoms with Gasteiger partial charge in [-0.1, -0.05) is 31.1 Å². The fourth-order valence-corrected chi connectivity index (χ4v) is 5.46. The van der Waals surface area contributed by atoms with Crippen LogP contribution in [-0.2, 0) is 13.0 Å². The molecular formula is C27H36N4O. The molecule has 3 heterocycles. The van der Waals surface area contributed by atoms with E-state index in [1.807, 2.05) is 12.4 Å². The first-order valence-corrected chi connectivity index (χ1v) is 12.5. The SMILES string of the molecule is CCCC1=Cc2c(ncc(-c3ccc(CN4CCCC4)cn3)c2NC2CCC(O)CC2)C1. The zero-order chi connectivity index (χ0) is 21.9. The topological polar surface area (TPSA) is 61.3 Å². The average molecular weight is 433 g/mol. The molecule has 2 aromatic heterocycles. The maximum Gasteiger partial charge on any atom is 0.0738 e. The molecule has 5 rings (SSSR count). The highest BCUT2D eigenvalue weighted by molar-refractivity contribution is 5.86. The molecular weight excluding hydrogens is 396 g/mol. The first-order valence-electron chi connectivity index (χ1n) is 12.5. The molecule has 5 heteroatoms. The van der Waals surface area contributed by atoms with Crippen LogP contribution in [0.1, 0.15) is 75.1 Å². The molecule has 1 aliphatic heterocycles. The second kappa shape index (κ2) is 9.72. The molecule has 32 heavy (non-hydrogen) atoms. The van der Waals surface area contributed by atoms with Crippen molar-refractivity contribution >= 4 is 11.8 Å². The van der Waals surface area contributed by atoms with E-state index in [4.69, 9.17) is 9.97 Å². The summed E-state index contributed by atoms with van der Waals surface area (Å²) >= 11 is 0. The minimum atomic E-state index is -0.142. The van der Waals surface area contributed by atoms with Crippen molar-refractivity contribution in [1.29, 1.82) is 0 Å². The first-order chi connectivity index (χ1) is 15.7. The van der Waals surface area contributed by atoms with Crippen LogP contribution in [0.25, 0.3) is 17.3 Å². The summed E-state index contributed by atoms with van der Waals surface area (Å²) in [6.07, 6.45) is 15.9. The molecule has 0 unspecified atom stereocenters. The van der Waals surface area contributed by atoms with Gasteiger partial charge >= 0.3 is 0 Å². The second-order valence-electron chi connectivity index (χ2n) is 9.82. The highest BCUT2D eigenvalue weighted by Crippen LogP contribution is 2.39. The maximum atomic E-state index is 9.94. The number of pyridine rings is 2. The normalized spacial score (nSPS) is 23.2. The lowest BCUT2D eigenvalue weighted by Gasteiger charge is -2.28. The molecule has 0 radical (unpaired) electrons. The van der Waals surface area contributed by atoms with Crippen molar-refractivity contribution in [1.82, 2.24) is 14.9 Å². The van der Waals surface area contributed by atoms with Crippen LogP contribution in [0.15, 0.2) is 30.1 Å². The van der Waals surface area contributed by atoms with Gasteiger partial charge in [-0.15, -0.1) is 0 Å². The number of likely N-dealkylation sites (tertiary alicyclic amines) is 1. The quantitative estimate of drug-likeness (QED) is 0.630. The van der Waals surface area contributed by atoms with E-state index in [0.29, 0.717) is 6.04 Å². The number of fused-ring (bicyclic) bond motifs is 1. The van der Waals surface area contributed by atoms with Crippen LogP contribution in [-0.4, -0.2) is 45.2 Å². The summed E-state index contributed by atoms with van der Waals surface area (Å²) in [4.78, 5) is 12.2. The van der Waals surface area contributed by atoms with Gasteiger partial charge in [-0.2, -0.15) is 0 Å². The summed E-state index contributed by atoms with van der Waals surface area (Å²) in [6, 6.07) is 4.78. The van der Waals surface area contributed by atoms with Gasteiger partial charge in [0.05, 0.1) is 23.2 Å². The monoisotopic (exact) mass is 432 g/mol. The molecule has 1 saturated carbocycles. The molecule has 170 valence electrons. The van der Waals surface area contributed by atoms with Gasteiger partial charge in [0, 0.05) is 42.5 Å². The highest BCUT2D eigenvalue weighted by atomic mass is 16.3. The lowest BCUT2D eigenvalue weighted by atomic mass is 9.92. The highest BCUT2D eigenvalue weighted by Gasteiger charge is 2.25. The molecule has 3 aliphatic rings. The molecule has 2 aromatic rings. The number of hydrogen-bond donors (Lipinski definition) is 2. The Hall–Kier alpha value is -2.24. The van der Waals surface area contributed by atoms with Crippen molar-refractivity contribution in [3.8, 4) is 11.3 Å². The summed E-state index contributed by atoms with van der Waals surface area (Å²) in [5.41, 5.74) is 8.45. The van der Waals surface area contributed by atoms with Gasteiger partial charge in [-0.3, -0.25) is 14.9 Å². The minimum Gasteiger partial charge on any atom is -0.393 e. The Balaban J connectivity index is 1.44. The molecule has 0 aromatic carbocycles. The van der Waals surface area contributed by atoms with Crippen molar-refractivity contribution in [3.05, 3.63) is 46.9 Å². The third-order valence-corrected chi connectivity index (χ3v) is 7.26. The number of hydrogen-bond acceptors (Lipinski definition) is 5. The number of nitrogens with zero attached hydrogens (tertiary/aromatic N) is 3. The Kier molecular flexibility index (Phi) is 6.56. The van der Waals surface area contributed by atoms with Crippen LogP contribution in [0.4, 0.5) is 5.69 Å². The Morgan fingerprint density at radius 1 is 1.06 bits per heavy atom. The Morgan fingerprint density at radius 3 is 2.59 bits per heavy atom. The first kappa shape index (κ1) is 21.6. The predicted molar refractivity (Wildman–Crippen MR) is 130 cm³/mol. The smallest absolute Gasteiger partial charge is 0.0738 e. The third-order valence-electron chi connectivity index (χ3n) is 7.26. The summed E-state index contributed by atoms with van der Waals surface area (Å²) in [7, 11) is 0. The van der Waals surface area contributed by atoms with Gasteiger partial charge < -0.3 is 10.4 Å². The van der Waals surface area contributed by atoms with Crippen molar-refractivity contribution < 1.29 is 5.11 Å². The van der Waals surface area contributed by atoms with Gasteiger partial charge in [0.25, 0.3) is 0 Å². The maximum absolute atomic E-state index is 9.94. The largest absolute Gasteiger partial charge is 0.393 e. The van der Waals surface area contributed by atoms with Crippen molar-refractivity contribution in [2.75, 3.05) is 18.4 Å². The second-order valence-corrected chi connectivity index (χ2v) is 9.82. The number of aliphatic hydroxyl groups excluding tert-OH is 1. The van der Waals surface area contributed by atoms with E-state index in [0.717, 1.165) is 62.7 Å². The lowest BCUT2D eigenvalue weighted by Crippen LogP contribution is -2.28. The predicted octanol–water partition coefficient (Wildman–Crippen LogP) is 5.19. The van der Waals surface area contributed by atoms with Gasteiger partial charge in [-0.25, -0.2) is 0 Å². The van der Waals surface area contributed by atoms with Crippen LogP contribution in [0.3, 0.4) is 0 Å². The van der Waals surface area contributed by atoms with E-state index in [1.165, 1.54) is 54.0 Å². The number of rotatable bonds is 7. The molecule has 5 nitrogen and oxygen atoms in total. The number of aliphatic hydroxyl groups is 1. The zero-order valence-electron chi connectivity index (χ0n) is 19.3. The number of allylic oxidation sites excluding steroid dienone is 1. The average Bonchev–Trinajstić information content (AvgIpc) is 3.46. The van der Waals surface area contributed by atoms with Crippen LogP contribution < -0.4 is 5.32 Å². The van der Waals surface area contributed by atoms with Crippen molar-refractivity contribution in [2.45, 2.75) is 83.4 Å². The molecule has 2 aliphatic carbocycles. The molecule has 0 bridgehead atoms. The number of nitrogens with one attached hydrogen (secondary N) is 1. The summed E-state index contributed by atoms with van der Waals surface area (Å²) in [5, 5.41) is 13.8. The zero-order valence-corrected chi connectivity index (χ0v) is 19.3. The molecule has 2 N–H and O–H groups in total. The molecule has 0 amide bonds. The van der Waals surface area contributed by atoms with Crippen LogP contribution in [0.5, 0.6) is 0 Å². The van der Waals surface area contributed by atoms with Gasteiger partial charge in [0.2, 0.25) is 0 Å². The van der Waals surface area contributed by atoms with Crippen molar-refractivity contribution in [3.63, 3.8) is 0 Å². The van der Waals surface area contributed by atoms with E-state index in [-0.39, 0.29) is 6.10 Å². The van der Waals surface area contributed by atoms with E-state index >= 15 is 0 Å². The Bertz CT molecular complexity index is 954. The standard InChI is InChI=1S/C27H36N4O/c1-2-5-19-14-23-26(15-19)29-17-24(27(23)30-21-7-9-22(32)10-8-21)25-11-6-20(16-28-25)18-31-12-3-4-13-31/h6,11,14,16-17,21-22,32H,2-5,7-10,12-13,15,18H2,1H3,(H,29,30). The van der Waals surface area contributed by atoms with Crippen LogP contribution in [0, 0.1) is 0 Å². The van der Waals surface area contributed by atoms with E-state index in [9.17, 15) is 5.11 Å². The fraction of sp³-hybridized carbons (Fsp3) is 0.556. The van der Waals surface area contributed by atoms with Gasteiger partial charge in [0.1, 0.15) is 0 Å². The number of aromatic nitrogens is 2. The van der Waals surface area contributed by atoms with Gasteiger partial charge in [0.15, 0.2) is 0 Å². The summed E-state index contributed by atoms with van der Waals surface area (Å²) in [6.45, 7) is 5.64. The fourth-order valence-electron chi connectivity index (χ4n) is 5.46. The lowest BCUT2D eigenvalue weighted by molar-refractivity contribution is 0.126. The molecule has 1 saturated heterocycles. The van der Waals surface area contributed by atoms with Gasteiger partial charge in [-0.05, 0) is 69.7 Å². The summed E-state index contributed by atoms with van der Waals surface area (Å²) < 4.78 is 0. The molecule has 2 fully saturated rings. The molecule has 0 atom stereocenters. The number of anilines is 1. The van der Waals surface area contributed by atoms with Crippen LogP contribution in [0.2, 0.25) is 0 Å². The van der Waals surface area contributed by atoms with E-state index < -0.39 is 0 Å². The van der Waals surface area contributed by atoms with E-state index in [1.54, 1.807) is 0 Å². The Labute approximate surface area is 192 Å². The molecule has 0 spiro atoms. The summed E-state index contributed by atoms with van der Waals surface area (Å²) in [5.74, 6) is 0. The van der Waals surface area contributed by atoms with E-state index in [2.05, 4.69) is 35.3 Å². The Morgan fingerprint density at radius 2 is 1.88 bits per heavy atom.